The van der Waals surface area contributed by atoms with Crippen molar-refractivity contribution in [1.29, 1.82) is 0 Å². The summed E-state index contributed by atoms with van der Waals surface area (Å²) in [4.78, 5) is 2.55. The lowest BCUT2D eigenvalue weighted by Gasteiger charge is -2.26. The Labute approximate surface area is 96.1 Å². The minimum atomic E-state index is -0.613. The molecule has 1 aliphatic rings. The number of hydrogen-bond acceptors (Lipinski definition) is 4. The highest BCUT2D eigenvalue weighted by Gasteiger charge is 2.31. The standard InChI is InChI=1S/C10H20N2O2S/c1-10(2,9(11)15)3-4-12-5-7(13)8(14)6-12/h7-8,13-14H,3-6H2,1-2H3,(H2,11,15). The van der Waals surface area contributed by atoms with Crippen LogP contribution in [-0.4, -0.2) is 51.9 Å². The molecule has 0 aliphatic carbocycles. The molecule has 0 amide bonds. The van der Waals surface area contributed by atoms with E-state index < -0.39 is 12.2 Å². The summed E-state index contributed by atoms with van der Waals surface area (Å²) in [5.41, 5.74) is 5.46. The van der Waals surface area contributed by atoms with Crippen LogP contribution in [0.2, 0.25) is 0 Å². The number of nitrogens with zero attached hydrogens (tertiary/aromatic N) is 1. The summed E-state index contributed by atoms with van der Waals surface area (Å²) in [5, 5.41) is 18.7. The molecule has 0 spiro atoms. The lowest BCUT2D eigenvalue weighted by molar-refractivity contribution is 0.0572. The predicted molar refractivity (Wildman–Crippen MR) is 63.6 cm³/mol. The molecule has 15 heavy (non-hydrogen) atoms. The topological polar surface area (TPSA) is 69.7 Å². The van der Waals surface area contributed by atoms with Crippen molar-refractivity contribution in [3.05, 3.63) is 0 Å². The van der Waals surface area contributed by atoms with E-state index >= 15 is 0 Å². The van der Waals surface area contributed by atoms with Crippen LogP contribution in [-0.2, 0) is 0 Å². The van der Waals surface area contributed by atoms with Gasteiger partial charge in [-0.1, -0.05) is 26.1 Å². The maximum absolute atomic E-state index is 9.36. The van der Waals surface area contributed by atoms with Gasteiger partial charge in [-0.3, -0.25) is 4.90 Å². The van der Waals surface area contributed by atoms with Gasteiger partial charge in [-0.05, 0) is 13.0 Å². The van der Waals surface area contributed by atoms with E-state index in [-0.39, 0.29) is 5.41 Å². The summed E-state index contributed by atoms with van der Waals surface area (Å²) in [6.07, 6.45) is -0.377. The molecule has 0 aromatic carbocycles. The normalized spacial score (nSPS) is 28.3. The lowest BCUT2D eigenvalue weighted by Crippen LogP contribution is -2.34. The minimum Gasteiger partial charge on any atom is -0.393 e. The van der Waals surface area contributed by atoms with Crippen LogP contribution in [0, 0.1) is 5.41 Å². The van der Waals surface area contributed by atoms with Crippen LogP contribution < -0.4 is 5.73 Å². The van der Waals surface area contributed by atoms with Gasteiger partial charge in [0.2, 0.25) is 0 Å². The van der Waals surface area contributed by atoms with Gasteiger partial charge in [0.05, 0.1) is 17.2 Å². The Hall–Kier alpha value is -0.230. The lowest BCUT2D eigenvalue weighted by atomic mass is 9.89. The Morgan fingerprint density at radius 1 is 1.40 bits per heavy atom. The van der Waals surface area contributed by atoms with Gasteiger partial charge in [0, 0.05) is 18.5 Å². The highest BCUT2D eigenvalue weighted by atomic mass is 32.1. The predicted octanol–water partition coefficient (Wildman–Crippen LogP) is -0.274. The number of thiocarbonyl (C=S) groups is 1. The SMILES string of the molecule is CC(C)(CCN1CC(O)C(O)C1)C(N)=S. The first kappa shape index (κ1) is 12.8. The fourth-order valence-corrected chi connectivity index (χ4v) is 1.69. The highest BCUT2D eigenvalue weighted by Crippen LogP contribution is 2.22. The molecule has 0 saturated carbocycles. The number of aliphatic hydroxyl groups is 2. The molecule has 1 saturated heterocycles. The van der Waals surface area contributed by atoms with E-state index in [1.54, 1.807) is 0 Å². The van der Waals surface area contributed by atoms with Crippen molar-refractivity contribution >= 4 is 17.2 Å². The number of rotatable bonds is 4. The average molecular weight is 232 g/mol. The zero-order valence-corrected chi connectivity index (χ0v) is 10.1. The summed E-state index contributed by atoms with van der Waals surface area (Å²) in [6, 6.07) is 0. The van der Waals surface area contributed by atoms with Gasteiger partial charge in [-0.2, -0.15) is 0 Å². The summed E-state index contributed by atoms with van der Waals surface area (Å²) in [6.45, 7) is 5.90. The molecule has 0 aromatic heterocycles. The average Bonchev–Trinajstić information content (AvgIpc) is 2.43. The van der Waals surface area contributed by atoms with Gasteiger partial charge in [0.1, 0.15) is 0 Å². The number of aliphatic hydroxyl groups excluding tert-OH is 2. The number of likely N-dealkylation sites (tertiary alicyclic amines) is 1. The molecule has 4 N–H and O–H groups in total. The number of β-amino-alcohol motifs (C(OH)–C–C–N with tert-alkyl or cyclic N) is 2. The quantitative estimate of drug-likeness (QED) is 0.582. The van der Waals surface area contributed by atoms with Crippen LogP contribution in [0.5, 0.6) is 0 Å². The van der Waals surface area contributed by atoms with Crippen LogP contribution in [0.25, 0.3) is 0 Å². The second-order valence-corrected chi connectivity index (χ2v) is 5.33. The molecule has 2 unspecified atom stereocenters. The first-order chi connectivity index (χ1) is 6.83. The van der Waals surface area contributed by atoms with Crippen LogP contribution >= 0.6 is 12.2 Å². The fourth-order valence-electron chi connectivity index (χ4n) is 1.59. The van der Waals surface area contributed by atoms with Crippen molar-refractivity contribution in [3.63, 3.8) is 0 Å². The van der Waals surface area contributed by atoms with Crippen LogP contribution in [0.15, 0.2) is 0 Å². The molecule has 0 bridgehead atoms. The minimum absolute atomic E-state index is 0.159. The second kappa shape index (κ2) is 4.74. The van der Waals surface area contributed by atoms with E-state index in [1.807, 2.05) is 18.7 Å². The first-order valence-corrected chi connectivity index (χ1v) is 5.62. The molecule has 2 atom stereocenters. The third-order valence-electron chi connectivity index (χ3n) is 3.05. The summed E-state index contributed by atoms with van der Waals surface area (Å²) in [7, 11) is 0. The smallest absolute Gasteiger partial charge is 0.0938 e. The van der Waals surface area contributed by atoms with Crippen LogP contribution in [0.1, 0.15) is 20.3 Å². The molecule has 1 heterocycles. The van der Waals surface area contributed by atoms with Gasteiger partial charge in [0.25, 0.3) is 0 Å². The molecule has 4 nitrogen and oxygen atoms in total. The molecular weight excluding hydrogens is 212 g/mol. The fraction of sp³-hybridized carbons (Fsp3) is 0.900. The Morgan fingerprint density at radius 3 is 2.27 bits per heavy atom. The molecule has 88 valence electrons. The Bertz CT molecular complexity index is 236. The Kier molecular flexibility index (Phi) is 4.06. The van der Waals surface area contributed by atoms with E-state index in [0.717, 1.165) is 13.0 Å². The zero-order chi connectivity index (χ0) is 11.6. The molecule has 1 fully saturated rings. The van der Waals surface area contributed by atoms with Gasteiger partial charge in [-0.15, -0.1) is 0 Å². The maximum atomic E-state index is 9.36. The van der Waals surface area contributed by atoms with E-state index in [1.165, 1.54) is 0 Å². The van der Waals surface area contributed by atoms with Gasteiger partial charge < -0.3 is 15.9 Å². The van der Waals surface area contributed by atoms with Crippen LogP contribution in [0.4, 0.5) is 0 Å². The van der Waals surface area contributed by atoms with E-state index in [4.69, 9.17) is 18.0 Å². The van der Waals surface area contributed by atoms with Crippen molar-refractivity contribution in [2.24, 2.45) is 11.1 Å². The second-order valence-electron chi connectivity index (χ2n) is 4.89. The molecule has 1 aliphatic heterocycles. The largest absolute Gasteiger partial charge is 0.393 e. The molecule has 0 aromatic rings. The van der Waals surface area contributed by atoms with Gasteiger partial charge in [0.15, 0.2) is 0 Å². The van der Waals surface area contributed by atoms with Crippen molar-refractivity contribution in [3.8, 4) is 0 Å². The molecule has 0 radical (unpaired) electrons. The molecule has 5 heteroatoms. The first-order valence-electron chi connectivity index (χ1n) is 5.21. The van der Waals surface area contributed by atoms with E-state index in [9.17, 15) is 10.2 Å². The third-order valence-corrected chi connectivity index (χ3v) is 3.61. The van der Waals surface area contributed by atoms with Crippen molar-refractivity contribution < 1.29 is 10.2 Å². The Morgan fingerprint density at radius 2 is 1.87 bits per heavy atom. The molecule has 1 rings (SSSR count). The Balaban J connectivity index is 2.36. The number of hydrogen-bond donors (Lipinski definition) is 3. The number of nitrogens with two attached hydrogens (primary N) is 1. The highest BCUT2D eigenvalue weighted by molar-refractivity contribution is 7.80. The zero-order valence-electron chi connectivity index (χ0n) is 9.31. The van der Waals surface area contributed by atoms with E-state index in [0.29, 0.717) is 18.1 Å². The van der Waals surface area contributed by atoms with Crippen molar-refractivity contribution in [2.75, 3.05) is 19.6 Å². The van der Waals surface area contributed by atoms with Crippen molar-refractivity contribution in [1.82, 2.24) is 4.90 Å². The van der Waals surface area contributed by atoms with Gasteiger partial charge >= 0.3 is 0 Å². The van der Waals surface area contributed by atoms with E-state index in [2.05, 4.69) is 0 Å². The molecular formula is C10H20N2O2S. The van der Waals surface area contributed by atoms with Gasteiger partial charge in [-0.25, -0.2) is 0 Å². The third kappa shape index (κ3) is 3.38. The van der Waals surface area contributed by atoms with Crippen LogP contribution in [0.3, 0.4) is 0 Å². The summed E-state index contributed by atoms with van der Waals surface area (Å²) in [5.74, 6) is 0. The van der Waals surface area contributed by atoms with Crippen molar-refractivity contribution in [2.45, 2.75) is 32.5 Å². The monoisotopic (exact) mass is 232 g/mol. The summed E-state index contributed by atoms with van der Waals surface area (Å²) < 4.78 is 0. The summed E-state index contributed by atoms with van der Waals surface area (Å²) >= 11 is 4.98. The maximum Gasteiger partial charge on any atom is 0.0938 e.